The normalized spacial score (nSPS) is 25.6. The van der Waals surface area contributed by atoms with E-state index in [1.165, 1.54) is 0 Å². The number of carbonyl (C=O) groups is 1. The summed E-state index contributed by atoms with van der Waals surface area (Å²) in [5, 5.41) is 0. The molecule has 0 bridgehead atoms. The minimum atomic E-state index is -2.94. The van der Waals surface area contributed by atoms with Crippen LogP contribution in [0.15, 0.2) is 0 Å². The maximum atomic E-state index is 12.2. The van der Waals surface area contributed by atoms with E-state index in [1.54, 1.807) is 0 Å². The zero-order chi connectivity index (χ0) is 14.7. The quantitative estimate of drug-likeness (QED) is 0.754. The van der Waals surface area contributed by atoms with Crippen LogP contribution in [-0.4, -0.2) is 25.7 Å². The van der Waals surface area contributed by atoms with Gasteiger partial charge in [-0.2, -0.15) is 0 Å². The molecule has 1 saturated carbocycles. The second-order valence-corrected chi connectivity index (χ2v) is 9.10. The van der Waals surface area contributed by atoms with Crippen molar-refractivity contribution in [2.75, 3.05) is 11.5 Å². The first-order chi connectivity index (χ1) is 8.68. The summed E-state index contributed by atoms with van der Waals surface area (Å²) in [6, 6.07) is 0. The van der Waals surface area contributed by atoms with Crippen molar-refractivity contribution in [3.63, 3.8) is 0 Å². The predicted molar refractivity (Wildman–Crippen MR) is 78.9 cm³/mol. The topological polar surface area (TPSA) is 51.2 Å². The molecule has 1 fully saturated rings. The highest BCUT2D eigenvalue weighted by atomic mass is 32.2. The lowest BCUT2D eigenvalue weighted by atomic mass is 9.67. The molecule has 0 N–H and O–H groups in total. The lowest BCUT2D eigenvalue weighted by Gasteiger charge is -2.37. The number of ketones is 1. The third kappa shape index (κ3) is 4.90. The van der Waals surface area contributed by atoms with Gasteiger partial charge < -0.3 is 0 Å². The molecule has 112 valence electrons. The first-order valence-corrected chi connectivity index (χ1v) is 9.23. The largest absolute Gasteiger partial charge is 0.299 e. The highest BCUT2D eigenvalue weighted by molar-refractivity contribution is 7.91. The van der Waals surface area contributed by atoms with Crippen LogP contribution in [0, 0.1) is 17.3 Å². The van der Waals surface area contributed by atoms with Crippen LogP contribution < -0.4 is 0 Å². The first kappa shape index (κ1) is 16.7. The number of rotatable bonds is 6. The summed E-state index contributed by atoms with van der Waals surface area (Å²) < 4.78 is 23.6. The second-order valence-electron chi connectivity index (χ2n) is 6.80. The number of sulfone groups is 1. The molecule has 1 aliphatic carbocycles. The van der Waals surface area contributed by atoms with E-state index in [9.17, 15) is 13.2 Å². The fraction of sp³-hybridized carbons (Fsp3) is 0.933. The Morgan fingerprint density at radius 3 is 2.37 bits per heavy atom. The highest BCUT2D eigenvalue weighted by Crippen LogP contribution is 2.40. The van der Waals surface area contributed by atoms with E-state index >= 15 is 0 Å². The molecule has 3 nitrogen and oxygen atoms in total. The van der Waals surface area contributed by atoms with Crippen molar-refractivity contribution < 1.29 is 13.2 Å². The summed E-state index contributed by atoms with van der Waals surface area (Å²) in [5.41, 5.74) is -0.196. The van der Waals surface area contributed by atoms with Gasteiger partial charge in [0, 0.05) is 18.1 Å². The fourth-order valence-electron chi connectivity index (χ4n) is 3.03. The molecule has 4 heteroatoms. The molecule has 0 radical (unpaired) electrons. The van der Waals surface area contributed by atoms with Gasteiger partial charge in [-0.1, -0.05) is 27.7 Å². The van der Waals surface area contributed by atoms with E-state index in [2.05, 4.69) is 6.92 Å². The van der Waals surface area contributed by atoms with Gasteiger partial charge in [0.2, 0.25) is 0 Å². The Bertz CT molecular complexity index is 409. The van der Waals surface area contributed by atoms with Gasteiger partial charge in [-0.05, 0) is 37.0 Å². The molecule has 0 aromatic heterocycles. The van der Waals surface area contributed by atoms with Gasteiger partial charge in [-0.25, -0.2) is 8.42 Å². The third-order valence-corrected chi connectivity index (χ3v) is 6.26. The average molecular weight is 288 g/mol. The van der Waals surface area contributed by atoms with Crippen LogP contribution >= 0.6 is 0 Å². The van der Waals surface area contributed by atoms with E-state index in [0.717, 1.165) is 12.8 Å². The zero-order valence-electron chi connectivity index (χ0n) is 12.7. The van der Waals surface area contributed by atoms with Gasteiger partial charge in [0.1, 0.15) is 15.6 Å². The number of hydrogen-bond donors (Lipinski definition) is 0. The number of carbonyl (C=O) groups excluding carboxylic acids is 1. The van der Waals surface area contributed by atoms with Crippen LogP contribution in [0.3, 0.4) is 0 Å². The van der Waals surface area contributed by atoms with Crippen molar-refractivity contribution in [3.05, 3.63) is 0 Å². The molecule has 0 amide bonds. The summed E-state index contributed by atoms with van der Waals surface area (Å²) in [5.74, 6) is 1.34. The van der Waals surface area contributed by atoms with Gasteiger partial charge in [-0.15, -0.1) is 0 Å². The molecule has 19 heavy (non-hydrogen) atoms. The average Bonchev–Trinajstić information content (AvgIpc) is 2.26. The van der Waals surface area contributed by atoms with Crippen LogP contribution in [0.4, 0.5) is 0 Å². The Morgan fingerprint density at radius 1 is 1.21 bits per heavy atom. The van der Waals surface area contributed by atoms with Crippen molar-refractivity contribution in [2.24, 2.45) is 17.3 Å². The van der Waals surface area contributed by atoms with Crippen molar-refractivity contribution in [2.45, 2.75) is 59.8 Å². The standard InChI is InChI=1S/C15H28O3S/c1-5-9-19(17,18)10-8-15(3,4)13-7-6-12(2)11-14(13)16/h12-13H,5-11H2,1-4H3. The Labute approximate surface area is 118 Å². The van der Waals surface area contributed by atoms with Crippen LogP contribution in [0.2, 0.25) is 0 Å². The molecule has 0 aromatic rings. The molecule has 0 aromatic carbocycles. The smallest absolute Gasteiger partial charge is 0.150 e. The SMILES string of the molecule is CCCS(=O)(=O)CCC(C)(C)C1CCC(C)CC1=O. The predicted octanol–water partition coefficient (Wildman–Crippen LogP) is 3.23. The van der Waals surface area contributed by atoms with Crippen molar-refractivity contribution in [3.8, 4) is 0 Å². The first-order valence-electron chi connectivity index (χ1n) is 7.41. The molecule has 0 aliphatic heterocycles. The molecule has 0 heterocycles. The summed E-state index contributed by atoms with van der Waals surface area (Å²) in [7, 11) is -2.94. The Hall–Kier alpha value is -0.380. The van der Waals surface area contributed by atoms with E-state index in [4.69, 9.17) is 0 Å². The molecule has 1 rings (SSSR count). The molecule has 2 unspecified atom stereocenters. The van der Waals surface area contributed by atoms with Crippen LogP contribution in [0.5, 0.6) is 0 Å². The summed E-state index contributed by atoms with van der Waals surface area (Å²) in [6.07, 6.45) is 3.93. The van der Waals surface area contributed by atoms with Crippen LogP contribution in [0.1, 0.15) is 59.8 Å². The fourth-order valence-corrected chi connectivity index (χ4v) is 4.70. The zero-order valence-corrected chi connectivity index (χ0v) is 13.6. The van der Waals surface area contributed by atoms with E-state index in [1.807, 2.05) is 20.8 Å². The van der Waals surface area contributed by atoms with Gasteiger partial charge in [0.05, 0.1) is 5.75 Å². The molecule has 0 spiro atoms. The number of hydrogen-bond acceptors (Lipinski definition) is 3. The minimum absolute atomic E-state index is 0.0422. The lowest BCUT2D eigenvalue weighted by Crippen LogP contribution is -2.36. The van der Waals surface area contributed by atoms with E-state index in [-0.39, 0.29) is 22.8 Å². The Balaban J connectivity index is 2.63. The van der Waals surface area contributed by atoms with Gasteiger partial charge in [-0.3, -0.25) is 4.79 Å². The Morgan fingerprint density at radius 2 is 1.84 bits per heavy atom. The maximum absolute atomic E-state index is 12.2. The Kier molecular flexibility index (Phi) is 5.60. The van der Waals surface area contributed by atoms with Crippen molar-refractivity contribution in [1.82, 2.24) is 0 Å². The summed E-state index contributed by atoms with van der Waals surface area (Å²) >= 11 is 0. The molecule has 0 saturated heterocycles. The number of Topliss-reactive ketones (excluding diaryl/α,β-unsaturated/α-hetero) is 1. The summed E-state index contributed by atoms with van der Waals surface area (Å²) in [6.45, 7) is 8.10. The molecule has 2 atom stereocenters. The van der Waals surface area contributed by atoms with Crippen molar-refractivity contribution >= 4 is 15.6 Å². The summed E-state index contributed by atoms with van der Waals surface area (Å²) in [4.78, 5) is 12.2. The molecular weight excluding hydrogens is 260 g/mol. The second kappa shape index (κ2) is 6.38. The maximum Gasteiger partial charge on any atom is 0.150 e. The van der Waals surface area contributed by atoms with Crippen LogP contribution in [-0.2, 0) is 14.6 Å². The van der Waals surface area contributed by atoms with Gasteiger partial charge >= 0.3 is 0 Å². The minimum Gasteiger partial charge on any atom is -0.299 e. The van der Waals surface area contributed by atoms with Gasteiger partial charge in [0.25, 0.3) is 0 Å². The lowest BCUT2D eigenvalue weighted by molar-refractivity contribution is -0.130. The van der Waals surface area contributed by atoms with Crippen molar-refractivity contribution in [1.29, 1.82) is 0 Å². The van der Waals surface area contributed by atoms with Gasteiger partial charge in [0.15, 0.2) is 0 Å². The highest BCUT2D eigenvalue weighted by Gasteiger charge is 2.38. The van der Waals surface area contributed by atoms with E-state index in [0.29, 0.717) is 31.0 Å². The van der Waals surface area contributed by atoms with E-state index < -0.39 is 9.84 Å². The molecular formula is C15H28O3S. The molecule has 1 aliphatic rings. The van der Waals surface area contributed by atoms with Crippen LogP contribution in [0.25, 0.3) is 0 Å². The third-order valence-electron chi connectivity index (χ3n) is 4.40. The monoisotopic (exact) mass is 288 g/mol.